The van der Waals surface area contributed by atoms with Gasteiger partial charge in [-0.05, 0) is 24.1 Å². The van der Waals surface area contributed by atoms with E-state index < -0.39 is 0 Å². The number of carbonyl (C=O) groups is 1. The summed E-state index contributed by atoms with van der Waals surface area (Å²) in [5.74, 6) is -0.0623. The molecule has 0 saturated heterocycles. The van der Waals surface area contributed by atoms with Crippen LogP contribution in [-0.4, -0.2) is 5.91 Å². The number of fused-ring (bicyclic) bond motifs is 1. The molecule has 0 fully saturated rings. The third-order valence-electron chi connectivity index (χ3n) is 3.48. The number of aryl methyl sites for hydroxylation is 1. The smallest absolute Gasteiger partial charge is 0.257 e. The summed E-state index contributed by atoms with van der Waals surface area (Å²) in [5.41, 5.74) is 4.76. The summed E-state index contributed by atoms with van der Waals surface area (Å²) in [6, 6.07) is 15.8. The van der Waals surface area contributed by atoms with Crippen LogP contribution in [-0.2, 0) is 11.2 Å². The summed E-state index contributed by atoms with van der Waals surface area (Å²) in [4.78, 5) is 12.0. The van der Waals surface area contributed by atoms with Gasteiger partial charge in [-0.25, -0.2) is 0 Å². The topological polar surface area (TPSA) is 41.1 Å². The van der Waals surface area contributed by atoms with Gasteiger partial charge in [0.2, 0.25) is 0 Å². The Bertz CT molecular complexity index is 689. The Morgan fingerprint density at radius 1 is 1.10 bits per heavy atom. The summed E-state index contributed by atoms with van der Waals surface area (Å²) in [7, 11) is 0. The van der Waals surface area contributed by atoms with E-state index in [-0.39, 0.29) is 5.91 Å². The van der Waals surface area contributed by atoms with Gasteiger partial charge in [-0.2, -0.15) is 0 Å². The minimum Gasteiger partial charge on any atom is -0.361 e. The van der Waals surface area contributed by atoms with Crippen LogP contribution in [0.1, 0.15) is 18.1 Å². The van der Waals surface area contributed by atoms with Crippen LogP contribution < -0.4 is 10.6 Å². The molecular formula is C17H16N2O. The highest BCUT2D eigenvalue weighted by Crippen LogP contribution is 2.31. The summed E-state index contributed by atoms with van der Waals surface area (Å²) in [6.45, 7) is 2.12. The molecule has 1 heterocycles. The van der Waals surface area contributed by atoms with Gasteiger partial charge in [-0.15, -0.1) is 0 Å². The Morgan fingerprint density at radius 3 is 2.70 bits per heavy atom. The Balaban J connectivity index is 1.92. The Hall–Kier alpha value is -2.55. The van der Waals surface area contributed by atoms with E-state index in [9.17, 15) is 4.79 Å². The lowest BCUT2D eigenvalue weighted by Crippen LogP contribution is -2.05. The third-order valence-corrected chi connectivity index (χ3v) is 3.48. The van der Waals surface area contributed by atoms with Crippen molar-refractivity contribution in [2.24, 2.45) is 0 Å². The van der Waals surface area contributed by atoms with E-state index in [2.05, 4.69) is 23.6 Å². The molecule has 3 heteroatoms. The van der Waals surface area contributed by atoms with Crippen molar-refractivity contribution in [1.29, 1.82) is 0 Å². The maximum Gasteiger partial charge on any atom is 0.257 e. The molecule has 1 amide bonds. The van der Waals surface area contributed by atoms with Gasteiger partial charge in [-0.3, -0.25) is 4.79 Å². The molecule has 1 aliphatic rings. The van der Waals surface area contributed by atoms with Crippen molar-refractivity contribution in [2.45, 2.75) is 13.3 Å². The fourth-order valence-electron chi connectivity index (χ4n) is 2.40. The lowest BCUT2D eigenvalue weighted by atomic mass is 10.1. The maximum absolute atomic E-state index is 12.0. The highest BCUT2D eigenvalue weighted by molar-refractivity contribution is 6.31. The Morgan fingerprint density at radius 2 is 1.85 bits per heavy atom. The molecule has 0 unspecified atom stereocenters. The van der Waals surface area contributed by atoms with Crippen molar-refractivity contribution < 1.29 is 4.79 Å². The van der Waals surface area contributed by atoms with Crippen molar-refractivity contribution >= 4 is 22.9 Å². The molecule has 0 aromatic heterocycles. The molecule has 0 atom stereocenters. The molecular weight excluding hydrogens is 248 g/mol. The van der Waals surface area contributed by atoms with E-state index in [4.69, 9.17) is 0 Å². The van der Waals surface area contributed by atoms with Gasteiger partial charge in [0.05, 0.1) is 5.57 Å². The molecule has 2 aromatic rings. The van der Waals surface area contributed by atoms with Gasteiger partial charge in [0.15, 0.2) is 0 Å². The van der Waals surface area contributed by atoms with Crippen LogP contribution >= 0.6 is 0 Å². The van der Waals surface area contributed by atoms with Crippen molar-refractivity contribution in [3.63, 3.8) is 0 Å². The predicted octanol–water partition coefficient (Wildman–Crippen LogP) is 3.65. The van der Waals surface area contributed by atoms with Crippen LogP contribution in [0, 0.1) is 0 Å². The van der Waals surface area contributed by atoms with Crippen LogP contribution in [0.15, 0.2) is 54.7 Å². The average Bonchev–Trinajstić information content (AvgIpc) is 2.81. The first kappa shape index (κ1) is 12.5. The number of nitrogens with one attached hydrogen (secondary N) is 2. The zero-order valence-electron chi connectivity index (χ0n) is 11.3. The lowest BCUT2D eigenvalue weighted by Gasteiger charge is -2.07. The van der Waals surface area contributed by atoms with Gasteiger partial charge >= 0.3 is 0 Å². The van der Waals surface area contributed by atoms with Gasteiger partial charge in [0, 0.05) is 23.1 Å². The largest absolute Gasteiger partial charge is 0.361 e. The van der Waals surface area contributed by atoms with Gasteiger partial charge < -0.3 is 10.6 Å². The van der Waals surface area contributed by atoms with Crippen LogP contribution in [0.25, 0.3) is 5.57 Å². The van der Waals surface area contributed by atoms with E-state index in [0.717, 1.165) is 23.4 Å². The number of para-hydroxylation sites is 2. The summed E-state index contributed by atoms with van der Waals surface area (Å²) >= 11 is 0. The van der Waals surface area contributed by atoms with Crippen LogP contribution in [0.2, 0.25) is 0 Å². The first-order valence-corrected chi connectivity index (χ1v) is 6.75. The first-order chi connectivity index (χ1) is 9.79. The zero-order chi connectivity index (χ0) is 13.9. The zero-order valence-corrected chi connectivity index (χ0v) is 11.3. The molecule has 2 aromatic carbocycles. The minimum absolute atomic E-state index is 0.0623. The summed E-state index contributed by atoms with van der Waals surface area (Å²) < 4.78 is 0. The second-order valence-corrected chi connectivity index (χ2v) is 4.71. The second kappa shape index (κ2) is 5.21. The Labute approximate surface area is 118 Å². The van der Waals surface area contributed by atoms with Gasteiger partial charge in [0.1, 0.15) is 0 Å². The number of amides is 1. The minimum atomic E-state index is -0.0623. The number of rotatable bonds is 3. The van der Waals surface area contributed by atoms with Gasteiger partial charge in [-0.1, -0.05) is 43.3 Å². The fraction of sp³-hybridized carbons (Fsp3) is 0.118. The van der Waals surface area contributed by atoms with E-state index in [1.807, 2.05) is 42.5 Å². The van der Waals surface area contributed by atoms with Gasteiger partial charge in [0.25, 0.3) is 5.91 Å². The quantitative estimate of drug-likeness (QED) is 0.831. The monoisotopic (exact) mass is 264 g/mol. The molecule has 0 saturated carbocycles. The molecule has 3 rings (SSSR count). The van der Waals surface area contributed by atoms with Crippen molar-refractivity contribution in [3.8, 4) is 0 Å². The molecule has 0 radical (unpaired) electrons. The number of hydrogen-bond acceptors (Lipinski definition) is 2. The predicted molar refractivity (Wildman–Crippen MR) is 82.5 cm³/mol. The highest BCUT2D eigenvalue weighted by atomic mass is 16.2. The normalized spacial score (nSPS) is 15.1. The lowest BCUT2D eigenvalue weighted by molar-refractivity contribution is -0.110. The van der Waals surface area contributed by atoms with Crippen molar-refractivity contribution in [1.82, 2.24) is 0 Å². The molecule has 2 N–H and O–H groups in total. The molecule has 100 valence electrons. The van der Waals surface area contributed by atoms with E-state index in [1.54, 1.807) is 6.20 Å². The average molecular weight is 264 g/mol. The number of hydrogen-bond donors (Lipinski definition) is 2. The number of carbonyl (C=O) groups excluding carboxylic acids is 1. The maximum atomic E-state index is 12.0. The van der Waals surface area contributed by atoms with Crippen LogP contribution in [0.4, 0.5) is 11.4 Å². The SMILES string of the molecule is CCc1ccccc1N/C=C1\C(=O)Nc2ccccc21. The third kappa shape index (κ3) is 2.18. The molecule has 0 aliphatic carbocycles. The number of anilines is 2. The highest BCUT2D eigenvalue weighted by Gasteiger charge is 2.23. The second-order valence-electron chi connectivity index (χ2n) is 4.71. The first-order valence-electron chi connectivity index (χ1n) is 6.75. The number of benzene rings is 2. The molecule has 0 spiro atoms. The molecule has 3 nitrogen and oxygen atoms in total. The van der Waals surface area contributed by atoms with Crippen LogP contribution in [0.5, 0.6) is 0 Å². The fourth-order valence-corrected chi connectivity index (χ4v) is 2.40. The van der Waals surface area contributed by atoms with E-state index >= 15 is 0 Å². The van der Waals surface area contributed by atoms with Crippen molar-refractivity contribution in [3.05, 3.63) is 65.9 Å². The van der Waals surface area contributed by atoms with E-state index in [0.29, 0.717) is 5.57 Å². The van der Waals surface area contributed by atoms with Crippen molar-refractivity contribution in [2.75, 3.05) is 10.6 Å². The molecule has 20 heavy (non-hydrogen) atoms. The summed E-state index contributed by atoms with van der Waals surface area (Å²) in [6.07, 6.45) is 2.74. The molecule has 1 aliphatic heterocycles. The standard InChI is InChI=1S/C17H16N2O/c1-2-12-7-3-5-9-15(12)18-11-14-13-8-4-6-10-16(13)19-17(14)20/h3-11,18H,2H2,1H3,(H,19,20)/b14-11-. The Kier molecular flexibility index (Phi) is 3.25. The van der Waals surface area contributed by atoms with Crippen LogP contribution in [0.3, 0.4) is 0 Å². The summed E-state index contributed by atoms with van der Waals surface area (Å²) in [5, 5.41) is 6.12. The molecule has 0 bridgehead atoms. The van der Waals surface area contributed by atoms with E-state index in [1.165, 1.54) is 5.56 Å².